The van der Waals surface area contributed by atoms with Crippen molar-refractivity contribution in [2.75, 3.05) is 14.2 Å². The maximum Gasteiger partial charge on any atom is 0.266 e. The molecule has 0 aliphatic heterocycles. The van der Waals surface area contributed by atoms with E-state index in [1.54, 1.807) is 18.2 Å². The summed E-state index contributed by atoms with van der Waals surface area (Å²) in [5.74, 6) is 0.569. The van der Waals surface area contributed by atoms with Crippen LogP contribution in [0.25, 0.3) is 0 Å². The largest absolute Gasteiger partial charge is 0.493 e. The molecule has 0 aromatic heterocycles. The molecule has 0 saturated heterocycles. The summed E-state index contributed by atoms with van der Waals surface area (Å²) in [5, 5.41) is 0. The van der Waals surface area contributed by atoms with Crippen LogP contribution in [-0.2, 0) is 10.0 Å². The fourth-order valence-corrected chi connectivity index (χ4v) is 3.27. The number of carbonyl (C=O) groups excluding carboxylic acids is 1. The molecule has 0 heterocycles. The number of hydrazine groups is 1. The Kier molecular flexibility index (Phi) is 6.81. The fraction of sp³-hybridized carbons (Fsp3) is 0.316. The topological polar surface area (TPSA) is 93.7 Å². The molecule has 0 aliphatic rings. The first kappa shape index (κ1) is 20.7. The molecule has 2 N–H and O–H groups in total. The second-order valence-electron chi connectivity index (χ2n) is 6.01. The van der Waals surface area contributed by atoms with E-state index in [4.69, 9.17) is 9.47 Å². The van der Waals surface area contributed by atoms with Gasteiger partial charge in [-0.05, 0) is 48.2 Å². The van der Waals surface area contributed by atoms with Crippen LogP contribution in [0.3, 0.4) is 0 Å². The van der Waals surface area contributed by atoms with Gasteiger partial charge in [0, 0.05) is 5.56 Å². The molecule has 0 radical (unpaired) electrons. The van der Waals surface area contributed by atoms with Crippen LogP contribution < -0.4 is 19.7 Å². The van der Waals surface area contributed by atoms with Crippen molar-refractivity contribution in [2.45, 2.75) is 31.1 Å². The minimum absolute atomic E-state index is 0.0714. The molecule has 0 bridgehead atoms. The Morgan fingerprint density at radius 3 is 2.22 bits per heavy atom. The monoisotopic (exact) mass is 392 g/mol. The minimum Gasteiger partial charge on any atom is -0.493 e. The van der Waals surface area contributed by atoms with Crippen LogP contribution in [-0.4, -0.2) is 28.5 Å². The molecule has 0 spiro atoms. The predicted molar refractivity (Wildman–Crippen MR) is 102 cm³/mol. The first-order valence-electron chi connectivity index (χ1n) is 8.46. The Bertz CT molecular complexity index is 895. The Labute approximate surface area is 159 Å². The van der Waals surface area contributed by atoms with Crippen LogP contribution in [0.5, 0.6) is 11.5 Å². The Balaban J connectivity index is 2.09. The molecule has 2 aromatic carbocycles. The van der Waals surface area contributed by atoms with Gasteiger partial charge in [-0.15, -0.1) is 4.83 Å². The molecule has 27 heavy (non-hydrogen) atoms. The number of rotatable bonds is 8. The van der Waals surface area contributed by atoms with E-state index in [9.17, 15) is 13.2 Å². The molecule has 146 valence electrons. The Morgan fingerprint density at radius 2 is 1.67 bits per heavy atom. The number of sulfonamides is 1. The second kappa shape index (κ2) is 8.88. The number of benzene rings is 2. The van der Waals surface area contributed by atoms with Gasteiger partial charge in [-0.2, -0.15) is 0 Å². The normalized spacial score (nSPS) is 12.3. The first-order chi connectivity index (χ1) is 12.8. The van der Waals surface area contributed by atoms with Crippen molar-refractivity contribution in [1.29, 1.82) is 0 Å². The first-order valence-corrected chi connectivity index (χ1v) is 9.94. The summed E-state index contributed by atoms with van der Waals surface area (Å²) in [6.07, 6.45) is 0.964. The van der Waals surface area contributed by atoms with Gasteiger partial charge in [0.1, 0.15) is 0 Å². The van der Waals surface area contributed by atoms with E-state index < -0.39 is 15.9 Å². The zero-order valence-corrected chi connectivity index (χ0v) is 16.6. The summed E-state index contributed by atoms with van der Waals surface area (Å²) in [6, 6.07) is 11.1. The van der Waals surface area contributed by atoms with Crippen LogP contribution in [0.4, 0.5) is 0 Å². The van der Waals surface area contributed by atoms with Gasteiger partial charge < -0.3 is 9.47 Å². The predicted octanol–water partition coefficient (Wildman–Crippen LogP) is 2.84. The minimum atomic E-state index is -3.88. The van der Waals surface area contributed by atoms with Gasteiger partial charge in [0.2, 0.25) is 0 Å². The van der Waals surface area contributed by atoms with Crippen LogP contribution in [0.1, 0.15) is 42.1 Å². The molecule has 2 aromatic rings. The molecule has 1 amide bonds. The molecule has 8 heteroatoms. The highest BCUT2D eigenvalue weighted by molar-refractivity contribution is 7.89. The molecular weight excluding hydrogens is 368 g/mol. The summed E-state index contributed by atoms with van der Waals surface area (Å²) in [7, 11) is -0.945. The summed E-state index contributed by atoms with van der Waals surface area (Å²) in [4.78, 5) is 14.4. The lowest BCUT2D eigenvalue weighted by molar-refractivity contribution is 0.0944. The summed E-state index contributed by atoms with van der Waals surface area (Å²) >= 11 is 0. The number of amides is 1. The number of hydrogen-bond acceptors (Lipinski definition) is 5. The van der Waals surface area contributed by atoms with Crippen molar-refractivity contribution in [3.63, 3.8) is 0 Å². The lowest BCUT2D eigenvalue weighted by Gasteiger charge is -2.12. The second-order valence-corrected chi connectivity index (χ2v) is 7.69. The average molecular weight is 392 g/mol. The van der Waals surface area contributed by atoms with E-state index in [0.29, 0.717) is 17.4 Å². The molecule has 2 rings (SSSR count). The molecule has 1 atom stereocenters. The Morgan fingerprint density at radius 1 is 1.04 bits per heavy atom. The lowest BCUT2D eigenvalue weighted by atomic mass is 9.99. The third-order valence-electron chi connectivity index (χ3n) is 4.32. The third-order valence-corrected chi connectivity index (χ3v) is 5.58. The highest BCUT2D eigenvalue weighted by Gasteiger charge is 2.17. The van der Waals surface area contributed by atoms with Gasteiger partial charge in [-0.3, -0.25) is 10.2 Å². The third kappa shape index (κ3) is 4.99. The number of methoxy groups -OCH3 is 2. The zero-order chi connectivity index (χ0) is 20.0. The van der Waals surface area contributed by atoms with Crippen LogP contribution in [0.2, 0.25) is 0 Å². The molecule has 0 unspecified atom stereocenters. The van der Waals surface area contributed by atoms with Gasteiger partial charge >= 0.3 is 0 Å². The van der Waals surface area contributed by atoms with E-state index in [0.717, 1.165) is 12.0 Å². The van der Waals surface area contributed by atoms with Gasteiger partial charge in [-0.25, -0.2) is 8.42 Å². The van der Waals surface area contributed by atoms with Gasteiger partial charge in [0.15, 0.2) is 11.5 Å². The molecule has 0 saturated carbocycles. The zero-order valence-electron chi connectivity index (χ0n) is 15.8. The van der Waals surface area contributed by atoms with Gasteiger partial charge in [0.05, 0.1) is 19.1 Å². The van der Waals surface area contributed by atoms with Gasteiger partial charge in [-0.1, -0.05) is 26.0 Å². The smallest absolute Gasteiger partial charge is 0.266 e. The summed E-state index contributed by atoms with van der Waals surface area (Å²) in [5.41, 5.74) is 3.49. The highest BCUT2D eigenvalue weighted by Crippen LogP contribution is 2.27. The quantitative estimate of drug-likeness (QED) is 0.674. The maximum absolute atomic E-state index is 12.4. The number of carbonyl (C=O) groups is 1. The lowest BCUT2D eigenvalue weighted by Crippen LogP contribution is -2.41. The summed E-state index contributed by atoms with van der Waals surface area (Å²) in [6.45, 7) is 4.14. The van der Waals surface area contributed by atoms with Crippen molar-refractivity contribution >= 4 is 15.9 Å². The maximum atomic E-state index is 12.4. The van der Waals surface area contributed by atoms with E-state index in [1.807, 2.05) is 0 Å². The standard InChI is InChI=1S/C19H24N2O5S/c1-5-13(2)14-6-9-16(10-7-14)27(23,24)21-20-19(22)15-8-11-17(25-3)18(12-15)26-4/h6-13,21H,5H2,1-4H3,(H,20,22)/t13-/m1/s1. The fourth-order valence-electron chi connectivity index (χ4n) is 2.43. The van der Waals surface area contributed by atoms with Crippen LogP contribution in [0, 0.1) is 0 Å². The summed E-state index contributed by atoms with van der Waals surface area (Å²) < 4.78 is 35.0. The van der Waals surface area contributed by atoms with E-state index in [2.05, 4.69) is 24.1 Å². The van der Waals surface area contributed by atoms with Crippen molar-refractivity contribution in [3.8, 4) is 11.5 Å². The van der Waals surface area contributed by atoms with Crippen LogP contribution in [0.15, 0.2) is 47.4 Å². The van der Waals surface area contributed by atoms with Gasteiger partial charge in [0.25, 0.3) is 15.9 Å². The van der Waals surface area contributed by atoms with E-state index >= 15 is 0 Å². The van der Waals surface area contributed by atoms with E-state index in [-0.39, 0.29) is 10.5 Å². The molecule has 7 nitrogen and oxygen atoms in total. The molecule has 0 aliphatic carbocycles. The number of ether oxygens (including phenoxy) is 2. The highest BCUT2D eigenvalue weighted by atomic mass is 32.2. The average Bonchev–Trinajstić information content (AvgIpc) is 2.70. The number of hydrogen-bond donors (Lipinski definition) is 2. The SMILES string of the molecule is CC[C@@H](C)c1ccc(S(=O)(=O)NNC(=O)c2ccc(OC)c(OC)c2)cc1. The molecular formula is C19H24N2O5S. The number of nitrogens with one attached hydrogen (secondary N) is 2. The van der Waals surface area contributed by atoms with Crippen molar-refractivity contribution in [2.24, 2.45) is 0 Å². The van der Waals surface area contributed by atoms with Crippen molar-refractivity contribution in [3.05, 3.63) is 53.6 Å². The van der Waals surface area contributed by atoms with Crippen LogP contribution >= 0.6 is 0 Å². The molecule has 0 fully saturated rings. The van der Waals surface area contributed by atoms with Crippen molar-refractivity contribution in [1.82, 2.24) is 10.3 Å². The van der Waals surface area contributed by atoms with E-state index in [1.165, 1.54) is 38.5 Å². The van der Waals surface area contributed by atoms with Crippen molar-refractivity contribution < 1.29 is 22.7 Å². The Hall–Kier alpha value is -2.58.